The molecule has 1 aromatic carbocycles. The topological polar surface area (TPSA) is 92.4 Å². The van der Waals surface area contributed by atoms with Crippen LogP contribution in [0.15, 0.2) is 18.2 Å². The average molecular weight is 271 g/mol. The average Bonchev–Trinajstić information content (AvgIpc) is 2.30. The Morgan fingerprint density at radius 3 is 2.61 bits per heavy atom. The predicted molar refractivity (Wildman–Crippen MR) is 69.9 cm³/mol. The number of carboxylic acid groups (broad SMARTS) is 1. The van der Waals surface area contributed by atoms with E-state index in [9.17, 15) is 9.59 Å². The van der Waals surface area contributed by atoms with Gasteiger partial charge in [0.15, 0.2) is 0 Å². The van der Waals surface area contributed by atoms with E-state index in [1.807, 2.05) is 6.92 Å². The summed E-state index contributed by atoms with van der Waals surface area (Å²) >= 11 is 5.96. The number of hydrogen-bond acceptors (Lipinski definition) is 3. The monoisotopic (exact) mass is 270 g/mol. The first-order chi connectivity index (χ1) is 8.45. The summed E-state index contributed by atoms with van der Waals surface area (Å²) < 4.78 is 0. The number of hydrogen-bond donors (Lipinski definition) is 3. The second kappa shape index (κ2) is 6.26. The molecule has 0 aromatic heterocycles. The zero-order valence-electron chi connectivity index (χ0n) is 9.94. The van der Waals surface area contributed by atoms with E-state index in [1.54, 1.807) is 6.07 Å². The number of rotatable bonds is 6. The van der Waals surface area contributed by atoms with Gasteiger partial charge in [0.1, 0.15) is 6.04 Å². The maximum Gasteiger partial charge on any atom is 0.326 e. The summed E-state index contributed by atoms with van der Waals surface area (Å²) in [6, 6.07) is 3.76. The molecule has 18 heavy (non-hydrogen) atoms. The van der Waals surface area contributed by atoms with Crippen LogP contribution in [0.4, 0.5) is 5.69 Å². The number of halogens is 1. The molecular formula is C12H15ClN2O3. The molecule has 0 heterocycles. The molecule has 0 aliphatic rings. The van der Waals surface area contributed by atoms with Gasteiger partial charge >= 0.3 is 5.97 Å². The maximum absolute atomic E-state index is 11.0. The standard InChI is InChI=1S/C12H15ClN2O3/c1-2-3-10(12(17)18)15-9-5-4-7(11(14)16)6-8(9)13/h4-6,10,15H,2-3H2,1H3,(H2,14,16)(H,17,18). The lowest BCUT2D eigenvalue weighted by Crippen LogP contribution is -2.29. The molecule has 0 radical (unpaired) electrons. The van der Waals surface area contributed by atoms with Crippen LogP contribution in [0.2, 0.25) is 5.02 Å². The second-order valence-corrected chi connectivity index (χ2v) is 4.29. The maximum atomic E-state index is 11.0. The SMILES string of the molecule is CCCC(Nc1ccc(C(N)=O)cc1Cl)C(=O)O. The molecule has 4 N–H and O–H groups in total. The molecule has 1 amide bonds. The fourth-order valence-electron chi connectivity index (χ4n) is 1.52. The highest BCUT2D eigenvalue weighted by atomic mass is 35.5. The fraction of sp³-hybridized carbons (Fsp3) is 0.333. The van der Waals surface area contributed by atoms with Crippen LogP contribution in [0, 0.1) is 0 Å². The summed E-state index contributed by atoms with van der Waals surface area (Å²) in [5.74, 6) is -1.52. The van der Waals surface area contributed by atoms with E-state index in [4.69, 9.17) is 22.4 Å². The third-order valence-corrected chi connectivity index (χ3v) is 2.77. The van der Waals surface area contributed by atoms with E-state index in [-0.39, 0.29) is 10.6 Å². The lowest BCUT2D eigenvalue weighted by atomic mass is 10.1. The Morgan fingerprint density at radius 2 is 2.17 bits per heavy atom. The molecule has 0 fully saturated rings. The molecule has 0 aliphatic heterocycles. The molecule has 0 aliphatic carbocycles. The number of primary amides is 1. The third-order valence-electron chi connectivity index (χ3n) is 2.46. The van der Waals surface area contributed by atoms with Gasteiger partial charge in [-0.1, -0.05) is 24.9 Å². The number of anilines is 1. The first-order valence-electron chi connectivity index (χ1n) is 5.54. The fourth-order valence-corrected chi connectivity index (χ4v) is 1.75. The van der Waals surface area contributed by atoms with Gasteiger partial charge in [0.2, 0.25) is 5.91 Å². The van der Waals surface area contributed by atoms with Crippen LogP contribution in [0.1, 0.15) is 30.1 Å². The van der Waals surface area contributed by atoms with Crippen LogP contribution < -0.4 is 11.1 Å². The highest BCUT2D eigenvalue weighted by Gasteiger charge is 2.17. The number of carbonyl (C=O) groups excluding carboxylic acids is 1. The van der Waals surface area contributed by atoms with Crippen molar-refractivity contribution in [1.29, 1.82) is 0 Å². The van der Waals surface area contributed by atoms with Crippen molar-refractivity contribution < 1.29 is 14.7 Å². The molecule has 1 unspecified atom stereocenters. The quantitative estimate of drug-likeness (QED) is 0.738. The Bertz CT molecular complexity index is 463. The minimum Gasteiger partial charge on any atom is -0.480 e. The van der Waals surface area contributed by atoms with Crippen LogP contribution in [0.5, 0.6) is 0 Å². The highest BCUT2D eigenvalue weighted by Crippen LogP contribution is 2.24. The number of nitrogens with two attached hydrogens (primary N) is 1. The summed E-state index contributed by atoms with van der Waals surface area (Å²) in [6.45, 7) is 1.90. The van der Waals surface area contributed by atoms with Gasteiger partial charge in [0, 0.05) is 5.56 Å². The molecule has 98 valence electrons. The van der Waals surface area contributed by atoms with Crippen LogP contribution in [-0.4, -0.2) is 23.0 Å². The van der Waals surface area contributed by atoms with Crippen molar-refractivity contribution >= 4 is 29.2 Å². The van der Waals surface area contributed by atoms with Gasteiger partial charge in [0.05, 0.1) is 10.7 Å². The molecule has 0 saturated heterocycles. The molecule has 1 rings (SSSR count). The van der Waals surface area contributed by atoms with Crippen molar-refractivity contribution in [2.45, 2.75) is 25.8 Å². The molecule has 5 nitrogen and oxygen atoms in total. The van der Waals surface area contributed by atoms with Crippen molar-refractivity contribution in [2.24, 2.45) is 5.73 Å². The summed E-state index contributed by atoms with van der Waals surface area (Å²) in [6.07, 6.45) is 1.23. The molecule has 1 aromatic rings. The van der Waals surface area contributed by atoms with Crippen molar-refractivity contribution in [2.75, 3.05) is 5.32 Å². The molecule has 0 spiro atoms. The first kappa shape index (κ1) is 14.3. The number of carboxylic acids is 1. The van der Waals surface area contributed by atoms with Gasteiger partial charge in [-0.15, -0.1) is 0 Å². The van der Waals surface area contributed by atoms with E-state index >= 15 is 0 Å². The van der Waals surface area contributed by atoms with Gasteiger partial charge < -0.3 is 16.2 Å². The summed E-state index contributed by atoms with van der Waals surface area (Å²) in [5.41, 5.74) is 5.88. The number of benzene rings is 1. The van der Waals surface area contributed by atoms with Crippen LogP contribution in [-0.2, 0) is 4.79 Å². The largest absolute Gasteiger partial charge is 0.480 e. The zero-order valence-corrected chi connectivity index (χ0v) is 10.7. The third kappa shape index (κ3) is 3.63. The molecule has 1 atom stereocenters. The summed E-state index contributed by atoms with van der Waals surface area (Å²) in [5, 5.41) is 12.1. The lowest BCUT2D eigenvalue weighted by Gasteiger charge is -2.16. The zero-order chi connectivity index (χ0) is 13.7. The molecule has 6 heteroatoms. The van der Waals surface area contributed by atoms with Gasteiger partial charge in [-0.3, -0.25) is 4.79 Å². The van der Waals surface area contributed by atoms with Crippen LogP contribution in [0.3, 0.4) is 0 Å². The number of amides is 1. The van der Waals surface area contributed by atoms with E-state index in [2.05, 4.69) is 5.32 Å². The van der Waals surface area contributed by atoms with Crippen LogP contribution in [0.25, 0.3) is 0 Å². The Morgan fingerprint density at radius 1 is 1.50 bits per heavy atom. The number of carbonyl (C=O) groups is 2. The van der Waals surface area contributed by atoms with E-state index in [0.717, 1.165) is 6.42 Å². The van der Waals surface area contributed by atoms with Crippen molar-refractivity contribution in [1.82, 2.24) is 0 Å². The number of nitrogens with one attached hydrogen (secondary N) is 1. The Balaban J connectivity index is 2.90. The van der Waals surface area contributed by atoms with Gasteiger partial charge in [0.25, 0.3) is 0 Å². The minimum atomic E-state index is -0.938. The Labute approximate surface area is 110 Å². The molecule has 0 saturated carbocycles. The second-order valence-electron chi connectivity index (χ2n) is 3.88. The number of aliphatic carboxylic acids is 1. The van der Waals surface area contributed by atoms with Gasteiger partial charge in [-0.05, 0) is 24.6 Å². The Hall–Kier alpha value is -1.75. The smallest absolute Gasteiger partial charge is 0.326 e. The van der Waals surface area contributed by atoms with E-state index in [0.29, 0.717) is 12.1 Å². The van der Waals surface area contributed by atoms with Crippen LogP contribution >= 0.6 is 11.6 Å². The molecule has 0 bridgehead atoms. The van der Waals surface area contributed by atoms with E-state index < -0.39 is 17.9 Å². The van der Waals surface area contributed by atoms with E-state index in [1.165, 1.54) is 12.1 Å². The summed E-state index contributed by atoms with van der Waals surface area (Å²) in [4.78, 5) is 21.9. The minimum absolute atomic E-state index is 0.272. The Kier molecular flexibility index (Phi) is 4.97. The van der Waals surface area contributed by atoms with Gasteiger partial charge in [-0.2, -0.15) is 0 Å². The first-order valence-corrected chi connectivity index (χ1v) is 5.92. The van der Waals surface area contributed by atoms with Crippen molar-refractivity contribution in [3.63, 3.8) is 0 Å². The highest BCUT2D eigenvalue weighted by molar-refractivity contribution is 6.33. The van der Waals surface area contributed by atoms with Crippen molar-refractivity contribution in [3.05, 3.63) is 28.8 Å². The summed E-state index contributed by atoms with van der Waals surface area (Å²) in [7, 11) is 0. The van der Waals surface area contributed by atoms with Gasteiger partial charge in [-0.25, -0.2) is 4.79 Å². The van der Waals surface area contributed by atoms with Crippen molar-refractivity contribution in [3.8, 4) is 0 Å². The molecular weight excluding hydrogens is 256 g/mol. The predicted octanol–water partition coefficient (Wildman–Crippen LogP) is 2.10. The normalized spacial score (nSPS) is 11.9. The lowest BCUT2D eigenvalue weighted by molar-refractivity contribution is -0.138.